The molecule has 0 saturated carbocycles. The highest BCUT2D eigenvalue weighted by molar-refractivity contribution is 5.30. The molecular formula is C12H19N3O. The van der Waals surface area contributed by atoms with Crippen LogP contribution in [0.2, 0.25) is 0 Å². The standard InChI is InChI=1S/C12H19N3O/c1-3-10-8-13-12(14-9-10)15-6-4-11(16-2)5-7-15/h8-9,11H,3-7H2,1-2H3. The summed E-state index contributed by atoms with van der Waals surface area (Å²) in [4.78, 5) is 11.0. The van der Waals surface area contributed by atoms with Gasteiger partial charge in [0.1, 0.15) is 0 Å². The normalized spacial score (nSPS) is 17.8. The Morgan fingerprint density at radius 3 is 2.44 bits per heavy atom. The average Bonchev–Trinajstić information content (AvgIpc) is 2.39. The van der Waals surface area contributed by atoms with E-state index in [-0.39, 0.29) is 0 Å². The van der Waals surface area contributed by atoms with Crippen molar-refractivity contribution < 1.29 is 4.74 Å². The second kappa shape index (κ2) is 5.25. The van der Waals surface area contributed by atoms with Crippen LogP contribution in [0.1, 0.15) is 25.3 Å². The third kappa shape index (κ3) is 2.50. The van der Waals surface area contributed by atoms with Crippen LogP contribution in [0.4, 0.5) is 5.95 Å². The number of rotatable bonds is 3. The molecule has 4 nitrogen and oxygen atoms in total. The van der Waals surface area contributed by atoms with E-state index in [1.807, 2.05) is 12.4 Å². The smallest absolute Gasteiger partial charge is 0.225 e. The SMILES string of the molecule is CCc1cnc(N2CCC(OC)CC2)nc1. The van der Waals surface area contributed by atoms with E-state index in [1.54, 1.807) is 7.11 Å². The van der Waals surface area contributed by atoms with Gasteiger partial charge in [-0.1, -0.05) is 6.92 Å². The van der Waals surface area contributed by atoms with Gasteiger partial charge < -0.3 is 9.64 Å². The van der Waals surface area contributed by atoms with E-state index >= 15 is 0 Å². The van der Waals surface area contributed by atoms with E-state index in [1.165, 1.54) is 5.56 Å². The van der Waals surface area contributed by atoms with Gasteiger partial charge in [0.15, 0.2) is 0 Å². The van der Waals surface area contributed by atoms with Gasteiger partial charge in [0, 0.05) is 32.6 Å². The van der Waals surface area contributed by atoms with Crippen LogP contribution in [0.3, 0.4) is 0 Å². The Labute approximate surface area is 96.7 Å². The van der Waals surface area contributed by atoms with Crippen molar-refractivity contribution in [3.63, 3.8) is 0 Å². The number of anilines is 1. The Morgan fingerprint density at radius 1 is 1.31 bits per heavy atom. The Morgan fingerprint density at radius 2 is 1.94 bits per heavy atom. The number of nitrogens with zero attached hydrogens (tertiary/aromatic N) is 3. The number of methoxy groups -OCH3 is 1. The zero-order valence-electron chi connectivity index (χ0n) is 10.0. The summed E-state index contributed by atoms with van der Waals surface area (Å²) in [6, 6.07) is 0. The highest BCUT2D eigenvalue weighted by Gasteiger charge is 2.20. The van der Waals surface area contributed by atoms with Crippen LogP contribution in [-0.4, -0.2) is 36.3 Å². The molecule has 1 fully saturated rings. The minimum absolute atomic E-state index is 0.408. The molecule has 1 aliphatic heterocycles. The Hall–Kier alpha value is -1.16. The minimum atomic E-state index is 0.408. The predicted molar refractivity (Wildman–Crippen MR) is 63.7 cm³/mol. The summed E-state index contributed by atoms with van der Waals surface area (Å²) in [6.45, 7) is 4.09. The van der Waals surface area contributed by atoms with Crippen molar-refractivity contribution in [3.05, 3.63) is 18.0 Å². The third-order valence-electron chi connectivity index (χ3n) is 3.16. The van der Waals surface area contributed by atoms with Crippen molar-refractivity contribution >= 4 is 5.95 Å². The zero-order valence-corrected chi connectivity index (χ0v) is 10.0. The van der Waals surface area contributed by atoms with E-state index in [9.17, 15) is 0 Å². The second-order valence-corrected chi connectivity index (χ2v) is 4.17. The van der Waals surface area contributed by atoms with Crippen LogP contribution in [0, 0.1) is 0 Å². The van der Waals surface area contributed by atoms with Gasteiger partial charge in [-0.05, 0) is 24.8 Å². The third-order valence-corrected chi connectivity index (χ3v) is 3.16. The molecule has 0 unspecified atom stereocenters. The Balaban J connectivity index is 1.97. The van der Waals surface area contributed by atoms with E-state index in [0.717, 1.165) is 38.3 Å². The summed E-state index contributed by atoms with van der Waals surface area (Å²) in [6.07, 6.45) is 7.37. The number of aryl methyl sites for hydroxylation is 1. The molecule has 4 heteroatoms. The van der Waals surface area contributed by atoms with Crippen molar-refractivity contribution in [3.8, 4) is 0 Å². The number of ether oxygens (including phenoxy) is 1. The molecule has 0 amide bonds. The summed E-state index contributed by atoms with van der Waals surface area (Å²) in [5, 5.41) is 0. The quantitative estimate of drug-likeness (QED) is 0.778. The molecule has 2 heterocycles. The lowest BCUT2D eigenvalue weighted by molar-refractivity contribution is 0.0816. The average molecular weight is 221 g/mol. The van der Waals surface area contributed by atoms with Gasteiger partial charge in [-0.2, -0.15) is 0 Å². The van der Waals surface area contributed by atoms with E-state index in [4.69, 9.17) is 4.74 Å². The van der Waals surface area contributed by atoms with E-state index in [2.05, 4.69) is 21.8 Å². The van der Waals surface area contributed by atoms with Crippen molar-refractivity contribution in [2.45, 2.75) is 32.3 Å². The number of hydrogen-bond donors (Lipinski definition) is 0. The monoisotopic (exact) mass is 221 g/mol. The minimum Gasteiger partial charge on any atom is -0.381 e. The molecule has 1 saturated heterocycles. The molecule has 1 aliphatic rings. The van der Waals surface area contributed by atoms with Crippen LogP contribution >= 0.6 is 0 Å². The fourth-order valence-electron chi connectivity index (χ4n) is 1.99. The van der Waals surface area contributed by atoms with E-state index in [0.29, 0.717) is 6.10 Å². The van der Waals surface area contributed by atoms with Crippen molar-refractivity contribution in [1.29, 1.82) is 0 Å². The number of aromatic nitrogens is 2. The van der Waals surface area contributed by atoms with Crippen LogP contribution in [0.5, 0.6) is 0 Å². The van der Waals surface area contributed by atoms with Crippen molar-refractivity contribution in [2.75, 3.05) is 25.1 Å². The van der Waals surface area contributed by atoms with Crippen LogP contribution in [0.25, 0.3) is 0 Å². The first-order valence-electron chi connectivity index (χ1n) is 5.92. The molecule has 0 aliphatic carbocycles. The van der Waals surface area contributed by atoms with Gasteiger partial charge >= 0.3 is 0 Å². The maximum Gasteiger partial charge on any atom is 0.225 e. The molecule has 0 bridgehead atoms. The van der Waals surface area contributed by atoms with Gasteiger partial charge in [-0.15, -0.1) is 0 Å². The van der Waals surface area contributed by atoms with E-state index < -0.39 is 0 Å². The molecule has 0 radical (unpaired) electrons. The van der Waals surface area contributed by atoms with Crippen molar-refractivity contribution in [1.82, 2.24) is 9.97 Å². The lowest BCUT2D eigenvalue weighted by atomic mass is 10.1. The fraction of sp³-hybridized carbons (Fsp3) is 0.667. The molecule has 88 valence electrons. The molecule has 0 N–H and O–H groups in total. The molecular weight excluding hydrogens is 202 g/mol. The number of piperidine rings is 1. The summed E-state index contributed by atoms with van der Waals surface area (Å²) < 4.78 is 5.34. The van der Waals surface area contributed by atoms with Gasteiger partial charge in [-0.3, -0.25) is 0 Å². The lowest BCUT2D eigenvalue weighted by Gasteiger charge is -2.31. The summed E-state index contributed by atoms with van der Waals surface area (Å²) in [5.41, 5.74) is 1.19. The summed E-state index contributed by atoms with van der Waals surface area (Å²) in [5.74, 6) is 0.853. The molecule has 0 aromatic carbocycles. The fourth-order valence-corrected chi connectivity index (χ4v) is 1.99. The maximum absolute atomic E-state index is 5.34. The Kier molecular flexibility index (Phi) is 3.72. The predicted octanol–water partition coefficient (Wildman–Crippen LogP) is 1.65. The Bertz CT molecular complexity index is 318. The highest BCUT2D eigenvalue weighted by atomic mass is 16.5. The molecule has 1 aromatic rings. The summed E-state index contributed by atoms with van der Waals surface area (Å²) in [7, 11) is 1.78. The van der Waals surface area contributed by atoms with Gasteiger partial charge in [0.25, 0.3) is 0 Å². The zero-order chi connectivity index (χ0) is 11.4. The highest BCUT2D eigenvalue weighted by Crippen LogP contribution is 2.17. The van der Waals surface area contributed by atoms with Gasteiger partial charge in [0.2, 0.25) is 5.95 Å². The number of hydrogen-bond acceptors (Lipinski definition) is 4. The van der Waals surface area contributed by atoms with Crippen LogP contribution in [-0.2, 0) is 11.2 Å². The molecule has 0 spiro atoms. The first-order valence-corrected chi connectivity index (χ1v) is 5.92. The van der Waals surface area contributed by atoms with Crippen LogP contribution < -0.4 is 4.90 Å². The molecule has 1 aromatic heterocycles. The molecule has 2 rings (SSSR count). The molecule has 0 atom stereocenters. The largest absolute Gasteiger partial charge is 0.381 e. The van der Waals surface area contributed by atoms with Crippen molar-refractivity contribution in [2.24, 2.45) is 0 Å². The maximum atomic E-state index is 5.34. The van der Waals surface area contributed by atoms with Gasteiger partial charge in [-0.25, -0.2) is 9.97 Å². The first-order chi connectivity index (χ1) is 7.83. The lowest BCUT2D eigenvalue weighted by Crippen LogP contribution is -2.37. The van der Waals surface area contributed by atoms with Crippen LogP contribution in [0.15, 0.2) is 12.4 Å². The van der Waals surface area contributed by atoms with Gasteiger partial charge in [0.05, 0.1) is 6.10 Å². The summed E-state index contributed by atoms with van der Waals surface area (Å²) >= 11 is 0. The molecule has 16 heavy (non-hydrogen) atoms. The first kappa shape index (κ1) is 11.3. The second-order valence-electron chi connectivity index (χ2n) is 4.17. The topological polar surface area (TPSA) is 38.2 Å².